The van der Waals surface area contributed by atoms with Crippen molar-refractivity contribution in [1.29, 1.82) is 0 Å². The SMILES string of the molecule is CCn1cc(Cl)c(CN(C)C(=S)Nc2cc(C)ccc2OC(F)F)n1. The predicted molar refractivity (Wildman–Crippen MR) is 98.4 cm³/mol. The van der Waals surface area contributed by atoms with Crippen LogP contribution < -0.4 is 10.1 Å². The Balaban J connectivity index is 2.10. The zero-order chi connectivity index (χ0) is 18.6. The van der Waals surface area contributed by atoms with Gasteiger partial charge in [-0.3, -0.25) is 4.68 Å². The number of nitrogens with zero attached hydrogens (tertiary/aromatic N) is 3. The Labute approximate surface area is 155 Å². The number of alkyl halides is 2. The van der Waals surface area contributed by atoms with Crippen LogP contribution in [0, 0.1) is 6.92 Å². The van der Waals surface area contributed by atoms with Gasteiger partial charge in [-0.2, -0.15) is 13.9 Å². The first-order chi connectivity index (χ1) is 11.8. The van der Waals surface area contributed by atoms with E-state index in [1.54, 1.807) is 35.0 Å². The second kappa shape index (κ2) is 8.44. The topological polar surface area (TPSA) is 42.3 Å². The van der Waals surface area contributed by atoms with Crippen LogP contribution >= 0.6 is 23.8 Å². The molecule has 0 amide bonds. The van der Waals surface area contributed by atoms with E-state index >= 15 is 0 Å². The molecule has 1 aromatic carbocycles. The Hall–Kier alpha value is -1.93. The van der Waals surface area contributed by atoms with Crippen molar-refractivity contribution in [1.82, 2.24) is 14.7 Å². The molecule has 2 rings (SSSR count). The molecule has 1 heterocycles. The summed E-state index contributed by atoms with van der Waals surface area (Å²) >= 11 is 11.5. The van der Waals surface area contributed by atoms with Crippen LogP contribution in [0.15, 0.2) is 24.4 Å². The molecule has 0 unspecified atom stereocenters. The van der Waals surface area contributed by atoms with Gasteiger partial charge in [0, 0.05) is 19.8 Å². The summed E-state index contributed by atoms with van der Waals surface area (Å²) in [5.74, 6) is 0.0321. The Kier molecular flexibility index (Phi) is 6.55. The van der Waals surface area contributed by atoms with Crippen LogP contribution in [0.5, 0.6) is 5.75 Å². The fourth-order valence-electron chi connectivity index (χ4n) is 2.15. The van der Waals surface area contributed by atoms with Gasteiger partial charge in [-0.1, -0.05) is 17.7 Å². The van der Waals surface area contributed by atoms with Crippen molar-refractivity contribution >= 4 is 34.6 Å². The summed E-state index contributed by atoms with van der Waals surface area (Å²) < 4.78 is 31.4. The molecule has 0 fully saturated rings. The highest BCUT2D eigenvalue weighted by Crippen LogP contribution is 2.27. The predicted octanol–water partition coefficient (Wildman–Crippen LogP) is 4.30. The van der Waals surface area contributed by atoms with Crippen molar-refractivity contribution in [2.24, 2.45) is 0 Å². The van der Waals surface area contributed by atoms with Gasteiger partial charge in [0.05, 0.1) is 17.3 Å². The maximum absolute atomic E-state index is 12.5. The van der Waals surface area contributed by atoms with Crippen LogP contribution in [0.2, 0.25) is 5.02 Å². The summed E-state index contributed by atoms with van der Waals surface area (Å²) in [4.78, 5) is 1.72. The minimum atomic E-state index is -2.91. The van der Waals surface area contributed by atoms with E-state index in [0.29, 0.717) is 34.6 Å². The maximum atomic E-state index is 12.5. The standard InChI is InChI=1S/C16H19ClF2N4OS/c1-4-23-8-11(17)13(21-23)9-22(3)16(25)20-12-7-10(2)5-6-14(12)24-15(18)19/h5-8,15H,4,9H2,1-3H3,(H,20,25). The fourth-order valence-corrected chi connectivity index (χ4v) is 2.54. The number of hydrogen-bond acceptors (Lipinski definition) is 3. The van der Waals surface area contributed by atoms with Crippen LogP contribution in [0.3, 0.4) is 0 Å². The first-order valence-corrected chi connectivity index (χ1v) is 8.38. The van der Waals surface area contributed by atoms with E-state index < -0.39 is 6.61 Å². The molecule has 25 heavy (non-hydrogen) atoms. The van der Waals surface area contributed by atoms with Crippen LogP contribution in [-0.4, -0.2) is 33.5 Å². The van der Waals surface area contributed by atoms with Crippen LogP contribution in [0.4, 0.5) is 14.5 Å². The van der Waals surface area contributed by atoms with E-state index in [1.807, 2.05) is 13.8 Å². The molecule has 2 aromatic rings. The van der Waals surface area contributed by atoms with Crippen molar-refractivity contribution in [3.05, 3.63) is 40.7 Å². The third-order valence-electron chi connectivity index (χ3n) is 3.44. The number of halogens is 3. The molecule has 0 radical (unpaired) electrons. The van der Waals surface area contributed by atoms with Gasteiger partial charge >= 0.3 is 6.61 Å². The van der Waals surface area contributed by atoms with Gasteiger partial charge in [-0.05, 0) is 43.8 Å². The van der Waals surface area contributed by atoms with Crippen molar-refractivity contribution in [2.75, 3.05) is 12.4 Å². The van der Waals surface area contributed by atoms with E-state index in [4.69, 9.17) is 23.8 Å². The molecule has 0 aliphatic rings. The van der Waals surface area contributed by atoms with E-state index in [9.17, 15) is 8.78 Å². The molecular formula is C16H19ClF2N4OS. The van der Waals surface area contributed by atoms with Gasteiger partial charge in [0.2, 0.25) is 0 Å². The number of benzene rings is 1. The summed E-state index contributed by atoms with van der Waals surface area (Å²) in [5.41, 5.74) is 1.95. The number of aryl methyl sites for hydroxylation is 2. The molecule has 136 valence electrons. The molecule has 0 saturated carbocycles. The van der Waals surface area contributed by atoms with E-state index in [-0.39, 0.29) is 5.75 Å². The number of aromatic nitrogens is 2. The Bertz CT molecular complexity index is 754. The zero-order valence-corrected chi connectivity index (χ0v) is 15.7. The number of rotatable bonds is 6. The average molecular weight is 389 g/mol. The molecule has 9 heteroatoms. The molecule has 1 N–H and O–H groups in total. The van der Waals surface area contributed by atoms with Gasteiger partial charge in [-0.15, -0.1) is 0 Å². The molecule has 0 bridgehead atoms. The summed E-state index contributed by atoms with van der Waals surface area (Å²) in [6.45, 7) is 2.00. The summed E-state index contributed by atoms with van der Waals surface area (Å²) in [6, 6.07) is 4.86. The monoisotopic (exact) mass is 388 g/mol. The first-order valence-electron chi connectivity index (χ1n) is 7.59. The largest absolute Gasteiger partial charge is 0.433 e. The fraction of sp³-hybridized carbons (Fsp3) is 0.375. The van der Waals surface area contributed by atoms with Crippen LogP contribution in [0.1, 0.15) is 18.2 Å². The molecule has 0 aliphatic heterocycles. The lowest BCUT2D eigenvalue weighted by Gasteiger charge is -2.21. The maximum Gasteiger partial charge on any atom is 0.387 e. The van der Waals surface area contributed by atoms with Crippen LogP contribution in [-0.2, 0) is 13.1 Å². The number of hydrogen-bond donors (Lipinski definition) is 1. The second-order valence-electron chi connectivity index (χ2n) is 5.44. The lowest BCUT2D eigenvalue weighted by atomic mass is 10.2. The lowest BCUT2D eigenvalue weighted by molar-refractivity contribution is -0.0493. The van der Waals surface area contributed by atoms with Crippen molar-refractivity contribution in [3.63, 3.8) is 0 Å². The molecule has 5 nitrogen and oxygen atoms in total. The van der Waals surface area contributed by atoms with Gasteiger partial charge in [0.1, 0.15) is 11.4 Å². The molecule has 0 spiro atoms. The number of anilines is 1. The van der Waals surface area contributed by atoms with E-state index in [0.717, 1.165) is 5.56 Å². The van der Waals surface area contributed by atoms with Crippen LogP contribution in [0.25, 0.3) is 0 Å². The second-order valence-corrected chi connectivity index (χ2v) is 6.24. The molecule has 1 aromatic heterocycles. The van der Waals surface area contributed by atoms with Crippen molar-refractivity contribution < 1.29 is 13.5 Å². The lowest BCUT2D eigenvalue weighted by Crippen LogP contribution is -2.31. The Morgan fingerprint density at radius 2 is 2.20 bits per heavy atom. The van der Waals surface area contributed by atoms with Crippen molar-refractivity contribution in [2.45, 2.75) is 33.5 Å². The van der Waals surface area contributed by atoms with Gasteiger partial charge in [0.25, 0.3) is 0 Å². The molecular weight excluding hydrogens is 370 g/mol. The Morgan fingerprint density at radius 1 is 1.48 bits per heavy atom. The van der Waals surface area contributed by atoms with E-state index in [1.165, 1.54) is 6.07 Å². The zero-order valence-electron chi connectivity index (χ0n) is 14.1. The minimum Gasteiger partial charge on any atom is -0.433 e. The number of ether oxygens (including phenoxy) is 1. The highest BCUT2D eigenvalue weighted by Gasteiger charge is 2.15. The summed E-state index contributed by atoms with van der Waals surface area (Å²) in [5, 5.41) is 8.19. The number of nitrogens with one attached hydrogen (secondary N) is 1. The highest BCUT2D eigenvalue weighted by molar-refractivity contribution is 7.80. The van der Waals surface area contributed by atoms with E-state index in [2.05, 4.69) is 15.2 Å². The van der Waals surface area contributed by atoms with Crippen molar-refractivity contribution in [3.8, 4) is 5.75 Å². The third-order valence-corrected chi connectivity index (χ3v) is 4.17. The molecule has 0 atom stereocenters. The smallest absolute Gasteiger partial charge is 0.387 e. The number of thiocarbonyl (C=S) groups is 1. The van der Waals surface area contributed by atoms with Gasteiger partial charge in [-0.25, -0.2) is 0 Å². The third kappa shape index (κ3) is 5.27. The Morgan fingerprint density at radius 3 is 2.80 bits per heavy atom. The summed E-state index contributed by atoms with van der Waals surface area (Å²) in [6.07, 6.45) is 1.75. The first kappa shape index (κ1) is 19.4. The highest BCUT2D eigenvalue weighted by atomic mass is 35.5. The van der Waals surface area contributed by atoms with Gasteiger partial charge < -0.3 is 15.0 Å². The summed E-state index contributed by atoms with van der Waals surface area (Å²) in [7, 11) is 1.76. The molecule has 0 aliphatic carbocycles. The van der Waals surface area contributed by atoms with Gasteiger partial charge in [0.15, 0.2) is 5.11 Å². The molecule has 0 saturated heterocycles. The normalized spacial score (nSPS) is 10.8. The minimum absolute atomic E-state index is 0.0321. The quantitative estimate of drug-likeness (QED) is 0.747. The average Bonchev–Trinajstić information content (AvgIpc) is 2.89.